The molecule has 0 aromatic heterocycles. The Morgan fingerprint density at radius 2 is 1.14 bits per heavy atom. The van der Waals surface area contributed by atoms with Crippen molar-refractivity contribution in [3.8, 4) is 0 Å². The van der Waals surface area contributed by atoms with Gasteiger partial charge in [0.25, 0.3) is 0 Å². The molecule has 1 unspecified atom stereocenters. The molecule has 1 aliphatic rings. The molecular weight excluding hydrogens is 268 g/mol. The largest absolute Gasteiger partial charge is 0.494 e. The quantitative estimate of drug-likeness (QED) is 0.288. The van der Waals surface area contributed by atoms with E-state index in [2.05, 4.69) is 19.1 Å². The van der Waals surface area contributed by atoms with E-state index in [0.717, 1.165) is 0 Å². The van der Waals surface area contributed by atoms with Crippen LogP contribution in [0.3, 0.4) is 0 Å². The number of rotatable bonds is 15. The first kappa shape index (κ1) is 19.3. The maximum Gasteiger partial charge on any atom is 0.116 e. The van der Waals surface area contributed by atoms with E-state index in [1.54, 1.807) is 0 Å². The third-order valence-corrected chi connectivity index (χ3v) is 4.61. The molecule has 0 saturated carbocycles. The summed E-state index contributed by atoms with van der Waals surface area (Å²) in [5.74, 6) is 0. The summed E-state index contributed by atoms with van der Waals surface area (Å²) in [6, 6.07) is 0. The molecule has 1 aliphatic heterocycles. The van der Waals surface area contributed by atoms with Crippen molar-refractivity contribution in [3.63, 3.8) is 0 Å². The van der Waals surface area contributed by atoms with E-state index < -0.39 is 0 Å². The van der Waals surface area contributed by atoms with Crippen molar-refractivity contribution in [2.24, 2.45) is 0 Å². The predicted molar refractivity (Wildman–Crippen MR) is 98.1 cm³/mol. The third-order valence-electron chi connectivity index (χ3n) is 4.61. The molecule has 0 spiro atoms. The van der Waals surface area contributed by atoms with Crippen LogP contribution in [0.25, 0.3) is 0 Å². The second-order valence-corrected chi connectivity index (χ2v) is 6.77. The molecule has 0 radical (unpaired) electrons. The highest BCUT2D eigenvalue weighted by Gasteiger charge is 2.04. The number of hydrogen-bond acceptors (Lipinski definition) is 1. The van der Waals surface area contributed by atoms with Crippen molar-refractivity contribution in [1.82, 2.24) is 0 Å². The molecule has 1 rings (SSSR count). The molecule has 1 heterocycles. The lowest BCUT2D eigenvalue weighted by atomic mass is 10.0. The van der Waals surface area contributed by atoms with Gasteiger partial charge in [-0.25, -0.2) is 0 Å². The molecule has 1 heteroatoms. The van der Waals surface area contributed by atoms with Gasteiger partial charge < -0.3 is 4.74 Å². The van der Waals surface area contributed by atoms with Crippen molar-refractivity contribution in [1.29, 1.82) is 0 Å². The Kier molecular flexibility index (Phi) is 13.3. The van der Waals surface area contributed by atoms with E-state index in [1.807, 2.05) is 12.3 Å². The van der Waals surface area contributed by atoms with Crippen LogP contribution in [0, 0.1) is 0 Å². The Balaban J connectivity index is 1.69. The van der Waals surface area contributed by atoms with Crippen LogP contribution in [0.15, 0.2) is 24.5 Å². The Bertz CT molecular complexity index is 280. The fourth-order valence-corrected chi connectivity index (χ4v) is 3.13. The van der Waals surface area contributed by atoms with Gasteiger partial charge in [0, 0.05) is 0 Å². The van der Waals surface area contributed by atoms with Crippen molar-refractivity contribution >= 4 is 0 Å². The van der Waals surface area contributed by atoms with Crippen LogP contribution < -0.4 is 0 Å². The van der Waals surface area contributed by atoms with Crippen LogP contribution in [0.4, 0.5) is 0 Å². The molecule has 0 fully saturated rings. The van der Waals surface area contributed by atoms with Crippen LogP contribution in [-0.4, -0.2) is 6.10 Å². The molecule has 128 valence electrons. The van der Waals surface area contributed by atoms with Gasteiger partial charge in [-0.1, -0.05) is 96.5 Å². The Morgan fingerprint density at radius 3 is 1.59 bits per heavy atom. The van der Waals surface area contributed by atoms with Gasteiger partial charge in [-0.15, -0.1) is 0 Å². The van der Waals surface area contributed by atoms with Crippen molar-refractivity contribution in [2.45, 2.75) is 109 Å². The maximum absolute atomic E-state index is 5.52. The summed E-state index contributed by atoms with van der Waals surface area (Å²) in [5, 5.41) is 0. The SMILES string of the molecule is CCCCCCCCCCCCCCCCC1C=CC=CO1. The lowest BCUT2D eigenvalue weighted by molar-refractivity contribution is 0.170. The molecule has 0 saturated heterocycles. The summed E-state index contributed by atoms with van der Waals surface area (Å²) >= 11 is 0. The monoisotopic (exact) mass is 306 g/mol. The van der Waals surface area contributed by atoms with Crippen molar-refractivity contribution in [3.05, 3.63) is 24.5 Å². The zero-order chi connectivity index (χ0) is 15.7. The van der Waals surface area contributed by atoms with Gasteiger partial charge in [0.2, 0.25) is 0 Å². The van der Waals surface area contributed by atoms with Gasteiger partial charge in [-0.05, 0) is 25.0 Å². The third kappa shape index (κ3) is 11.9. The first-order chi connectivity index (χ1) is 10.9. The summed E-state index contributed by atoms with van der Waals surface area (Å²) in [6.07, 6.45) is 29.5. The smallest absolute Gasteiger partial charge is 0.116 e. The van der Waals surface area contributed by atoms with Crippen LogP contribution in [-0.2, 0) is 4.74 Å². The zero-order valence-electron chi connectivity index (χ0n) is 14.9. The second kappa shape index (κ2) is 15.2. The average molecular weight is 307 g/mol. The lowest BCUT2D eigenvalue weighted by Gasteiger charge is -2.14. The summed E-state index contributed by atoms with van der Waals surface area (Å²) in [6.45, 7) is 2.29. The first-order valence-electron chi connectivity index (χ1n) is 9.92. The minimum atomic E-state index is 0.335. The fourth-order valence-electron chi connectivity index (χ4n) is 3.13. The van der Waals surface area contributed by atoms with Gasteiger partial charge in [0.15, 0.2) is 0 Å². The number of allylic oxidation sites excluding steroid dienone is 2. The van der Waals surface area contributed by atoms with Crippen molar-refractivity contribution < 1.29 is 4.74 Å². The van der Waals surface area contributed by atoms with Crippen LogP contribution >= 0.6 is 0 Å². The summed E-state index contributed by atoms with van der Waals surface area (Å²) < 4.78 is 5.52. The minimum Gasteiger partial charge on any atom is -0.494 e. The van der Waals surface area contributed by atoms with Gasteiger partial charge in [-0.2, -0.15) is 0 Å². The molecule has 0 aromatic carbocycles. The standard InChI is InChI=1S/C21H38O/c1-2-3-4-5-6-7-8-9-10-11-12-13-14-15-18-21-19-16-17-20-22-21/h16-17,19-21H,2-15,18H2,1H3. The first-order valence-corrected chi connectivity index (χ1v) is 9.92. The molecule has 0 aromatic rings. The molecule has 0 bridgehead atoms. The topological polar surface area (TPSA) is 9.23 Å². The van der Waals surface area contributed by atoms with E-state index in [-0.39, 0.29) is 0 Å². The highest BCUT2D eigenvalue weighted by molar-refractivity contribution is 5.07. The number of ether oxygens (including phenoxy) is 1. The van der Waals surface area contributed by atoms with Crippen molar-refractivity contribution in [2.75, 3.05) is 0 Å². The van der Waals surface area contributed by atoms with Crippen LogP contribution in [0.5, 0.6) is 0 Å². The van der Waals surface area contributed by atoms with E-state index >= 15 is 0 Å². The van der Waals surface area contributed by atoms with Gasteiger partial charge in [-0.3, -0.25) is 0 Å². The molecule has 0 amide bonds. The summed E-state index contributed by atoms with van der Waals surface area (Å²) in [5.41, 5.74) is 0. The van der Waals surface area contributed by atoms with Gasteiger partial charge in [0.05, 0.1) is 6.26 Å². The van der Waals surface area contributed by atoms with Gasteiger partial charge >= 0.3 is 0 Å². The van der Waals surface area contributed by atoms with Crippen LogP contribution in [0.2, 0.25) is 0 Å². The highest BCUT2D eigenvalue weighted by Crippen LogP contribution is 2.15. The van der Waals surface area contributed by atoms with Crippen LogP contribution in [0.1, 0.15) is 103 Å². The zero-order valence-corrected chi connectivity index (χ0v) is 14.9. The average Bonchev–Trinajstić information content (AvgIpc) is 2.56. The fraction of sp³-hybridized carbons (Fsp3) is 0.810. The van der Waals surface area contributed by atoms with E-state index in [0.29, 0.717) is 6.10 Å². The molecule has 1 atom stereocenters. The Labute approximate surface area is 139 Å². The number of unbranched alkanes of at least 4 members (excludes halogenated alkanes) is 13. The summed E-state index contributed by atoms with van der Waals surface area (Å²) in [7, 11) is 0. The Morgan fingerprint density at radius 1 is 0.636 bits per heavy atom. The normalized spacial score (nSPS) is 16.9. The molecule has 0 N–H and O–H groups in total. The highest BCUT2D eigenvalue weighted by atomic mass is 16.5. The predicted octanol–water partition coefficient (Wildman–Crippen LogP) is 7.33. The van der Waals surface area contributed by atoms with E-state index in [1.165, 1.54) is 96.3 Å². The summed E-state index contributed by atoms with van der Waals surface area (Å²) in [4.78, 5) is 0. The molecule has 1 nitrogen and oxygen atoms in total. The molecular formula is C21H38O. The van der Waals surface area contributed by atoms with E-state index in [9.17, 15) is 0 Å². The Hall–Kier alpha value is -0.720. The minimum absolute atomic E-state index is 0.335. The van der Waals surface area contributed by atoms with E-state index in [4.69, 9.17) is 4.74 Å². The lowest BCUT2D eigenvalue weighted by Crippen LogP contribution is -2.07. The van der Waals surface area contributed by atoms with Gasteiger partial charge in [0.1, 0.15) is 6.10 Å². The molecule has 22 heavy (non-hydrogen) atoms. The molecule has 0 aliphatic carbocycles. The second-order valence-electron chi connectivity index (χ2n) is 6.77. The maximum atomic E-state index is 5.52. The number of hydrogen-bond donors (Lipinski definition) is 0.